The summed E-state index contributed by atoms with van der Waals surface area (Å²) in [6.45, 7) is 0.137. The minimum atomic E-state index is -0.747. The molecular formula is C18H13Cl2N3O3S2. The molecule has 144 valence electrons. The van der Waals surface area contributed by atoms with Crippen LogP contribution in [0.3, 0.4) is 0 Å². The molecule has 3 aromatic rings. The number of halogens is 2. The van der Waals surface area contributed by atoms with Gasteiger partial charge in [-0.25, -0.2) is 0 Å². The average molecular weight is 454 g/mol. The number of aromatic nitrogens is 2. The molecule has 6 nitrogen and oxygen atoms in total. The van der Waals surface area contributed by atoms with Gasteiger partial charge in [0.05, 0.1) is 0 Å². The highest BCUT2D eigenvalue weighted by Gasteiger charge is 2.28. The normalized spacial score (nSPS) is 15.3. The van der Waals surface area contributed by atoms with Crippen molar-refractivity contribution in [2.45, 2.75) is 16.2 Å². The molecule has 2 heterocycles. The Morgan fingerprint density at radius 3 is 2.86 bits per heavy atom. The van der Waals surface area contributed by atoms with Crippen LogP contribution in [0, 0.1) is 0 Å². The van der Waals surface area contributed by atoms with Crippen molar-refractivity contribution < 1.29 is 14.3 Å². The Balaban J connectivity index is 1.34. The van der Waals surface area contributed by atoms with Gasteiger partial charge in [0.25, 0.3) is 5.91 Å². The largest absolute Gasteiger partial charge is 0.485 e. The van der Waals surface area contributed by atoms with Crippen LogP contribution in [-0.2, 0) is 10.5 Å². The molecule has 4 rings (SSSR count). The van der Waals surface area contributed by atoms with Crippen molar-refractivity contribution in [1.29, 1.82) is 0 Å². The van der Waals surface area contributed by atoms with Gasteiger partial charge in [-0.15, -0.1) is 10.2 Å². The van der Waals surface area contributed by atoms with E-state index >= 15 is 0 Å². The van der Waals surface area contributed by atoms with E-state index in [9.17, 15) is 4.79 Å². The molecule has 1 aliphatic rings. The number of nitrogens with one attached hydrogen (secondary N) is 1. The molecule has 0 unspecified atom stereocenters. The maximum atomic E-state index is 12.4. The summed E-state index contributed by atoms with van der Waals surface area (Å²) in [6.07, 6.45) is -0.747. The zero-order valence-electron chi connectivity index (χ0n) is 14.2. The first-order valence-corrected chi connectivity index (χ1v) is 10.7. The first-order chi connectivity index (χ1) is 13.6. The fraction of sp³-hybridized carbons (Fsp3) is 0.167. The standard InChI is InChI=1S/C18H13Cl2N3O3S2/c19-11-6-5-10(12(20)7-11)9-27-18-23-22-17(28-18)21-16(24)15-8-25-13-3-1-2-4-14(13)26-15/h1-7,15H,8-9H2,(H,21,22,24)/t15-/m0/s1. The molecule has 0 spiro atoms. The molecule has 1 aliphatic heterocycles. The van der Waals surface area contributed by atoms with Gasteiger partial charge in [0.1, 0.15) is 6.61 Å². The topological polar surface area (TPSA) is 73.3 Å². The number of hydrogen-bond acceptors (Lipinski definition) is 7. The first kappa shape index (κ1) is 19.3. The van der Waals surface area contributed by atoms with Crippen LogP contribution < -0.4 is 14.8 Å². The number of benzene rings is 2. The first-order valence-electron chi connectivity index (χ1n) is 8.18. The Bertz CT molecular complexity index is 1020. The van der Waals surface area contributed by atoms with Crippen molar-refractivity contribution in [2.24, 2.45) is 0 Å². The lowest BCUT2D eigenvalue weighted by molar-refractivity contribution is -0.125. The van der Waals surface area contributed by atoms with Gasteiger partial charge in [0, 0.05) is 15.8 Å². The summed E-state index contributed by atoms with van der Waals surface area (Å²) in [7, 11) is 0. The minimum Gasteiger partial charge on any atom is -0.485 e. The van der Waals surface area contributed by atoms with Crippen LogP contribution in [-0.4, -0.2) is 28.8 Å². The average Bonchev–Trinajstić information content (AvgIpc) is 3.14. The zero-order chi connectivity index (χ0) is 19.5. The molecule has 1 aromatic heterocycles. The number of para-hydroxylation sites is 2. The third-order valence-electron chi connectivity index (χ3n) is 3.80. The number of ether oxygens (including phenoxy) is 2. The van der Waals surface area contributed by atoms with Crippen LogP contribution >= 0.6 is 46.3 Å². The summed E-state index contributed by atoms with van der Waals surface area (Å²) in [6, 6.07) is 12.6. The molecule has 10 heteroatoms. The molecule has 0 bridgehead atoms. The van der Waals surface area contributed by atoms with Crippen molar-refractivity contribution in [3.05, 3.63) is 58.1 Å². The maximum Gasteiger partial charge on any atom is 0.270 e. The maximum absolute atomic E-state index is 12.4. The van der Waals surface area contributed by atoms with Crippen LogP contribution in [0.15, 0.2) is 46.8 Å². The number of thioether (sulfide) groups is 1. The third kappa shape index (κ3) is 4.52. The third-order valence-corrected chi connectivity index (χ3v) is 6.41. The van der Waals surface area contributed by atoms with Crippen molar-refractivity contribution in [1.82, 2.24) is 10.2 Å². The quantitative estimate of drug-likeness (QED) is 0.436. The van der Waals surface area contributed by atoms with Crippen molar-refractivity contribution >= 4 is 57.3 Å². The summed E-state index contributed by atoms with van der Waals surface area (Å²) >= 11 is 14.8. The fourth-order valence-electron chi connectivity index (χ4n) is 2.43. The second kappa shape index (κ2) is 8.57. The Morgan fingerprint density at radius 1 is 1.21 bits per heavy atom. The number of amides is 1. The predicted octanol–water partition coefficient (Wildman–Crippen LogP) is 4.92. The molecule has 1 N–H and O–H groups in total. The summed E-state index contributed by atoms with van der Waals surface area (Å²) in [4.78, 5) is 12.4. The molecule has 2 aromatic carbocycles. The second-order valence-corrected chi connectivity index (χ2v) is 8.79. The highest BCUT2D eigenvalue weighted by molar-refractivity contribution is 8.00. The van der Waals surface area contributed by atoms with Gasteiger partial charge in [-0.3, -0.25) is 10.1 Å². The summed E-state index contributed by atoms with van der Waals surface area (Å²) < 4.78 is 12.0. The smallest absolute Gasteiger partial charge is 0.270 e. The van der Waals surface area contributed by atoms with E-state index in [2.05, 4.69) is 15.5 Å². The summed E-state index contributed by atoms with van der Waals surface area (Å²) in [5.41, 5.74) is 0.947. The van der Waals surface area contributed by atoms with Crippen LogP contribution in [0.25, 0.3) is 0 Å². The van der Waals surface area contributed by atoms with Crippen molar-refractivity contribution in [3.8, 4) is 11.5 Å². The Hall–Kier alpha value is -2.00. The van der Waals surface area contributed by atoms with E-state index in [-0.39, 0.29) is 12.5 Å². The Morgan fingerprint density at radius 2 is 2.04 bits per heavy atom. The van der Waals surface area contributed by atoms with E-state index < -0.39 is 6.10 Å². The molecule has 1 amide bonds. The molecule has 28 heavy (non-hydrogen) atoms. The van der Waals surface area contributed by atoms with Crippen molar-refractivity contribution in [3.63, 3.8) is 0 Å². The van der Waals surface area contributed by atoms with Crippen LogP contribution in [0.2, 0.25) is 10.0 Å². The Labute approximate surface area is 179 Å². The number of nitrogens with zero attached hydrogens (tertiary/aromatic N) is 2. The van der Waals surface area contributed by atoms with Crippen LogP contribution in [0.1, 0.15) is 5.56 Å². The van der Waals surface area contributed by atoms with Gasteiger partial charge in [-0.05, 0) is 29.8 Å². The molecule has 0 saturated heterocycles. The molecule has 0 fully saturated rings. The molecular weight excluding hydrogens is 441 g/mol. The summed E-state index contributed by atoms with van der Waals surface area (Å²) in [5, 5.41) is 12.4. The van der Waals surface area contributed by atoms with E-state index in [1.54, 1.807) is 24.3 Å². The van der Waals surface area contributed by atoms with Crippen LogP contribution in [0.5, 0.6) is 11.5 Å². The number of anilines is 1. The molecule has 0 aliphatic carbocycles. The van der Waals surface area contributed by atoms with Gasteiger partial charge in [-0.2, -0.15) is 0 Å². The van der Waals surface area contributed by atoms with Gasteiger partial charge < -0.3 is 9.47 Å². The van der Waals surface area contributed by atoms with Gasteiger partial charge in [0.15, 0.2) is 15.8 Å². The van der Waals surface area contributed by atoms with E-state index in [1.807, 2.05) is 18.2 Å². The minimum absolute atomic E-state index is 0.137. The SMILES string of the molecule is O=C(Nc1nnc(SCc2ccc(Cl)cc2Cl)s1)[C@@H]1COc2ccccc2O1. The number of rotatable bonds is 5. The van der Waals surface area contributed by atoms with E-state index in [0.717, 1.165) is 5.56 Å². The number of carbonyl (C=O) groups excluding carboxylic acids is 1. The number of carbonyl (C=O) groups is 1. The summed E-state index contributed by atoms with van der Waals surface area (Å²) in [5.74, 6) is 1.46. The van der Waals surface area contributed by atoms with E-state index in [4.69, 9.17) is 32.7 Å². The molecule has 1 atom stereocenters. The van der Waals surface area contributed by atoms with Gasteiger partial charge in [-0.1, -0.05) is 64.5 Å². The zero-order valence-corrected chi connectivity index (χ0v) is 17.4. The highest BCUT2D eigenvalue weighted by atomic mass is 35.5. The van der Waals surface area contributed by atoms with Crippen LogP contribution in [0.4, 0.5) is 5.13 Å². The molecule has 0 saturated carbocycles. The van der Waals surface area contributed by atoms with Gasteiger partial charge >= 0.3 is 0 Å². The second-order valence-electron chi connectivity index (χ2n) is 5.75. The van der Waals surface area contributed by atoms with E-state index in [1.165, 1.54) is 23.1 Å². The van der Waals surface area contributed by atoms with E-state index in [0.29, 0.717) is 36.8 Å². The number of hydrogen-bond donors (Lipinski definition) is 1. The predicted molar refractivity (Wildman–Crippen MR) is 111 cm³/mol. The molecule has 0 radical (unpaired) electrons. The lowest BCUT2D eigenvalue weighted by Crippen LogP contribution is -2.40. The monoisotopic (exact) mass is 453 g/mol. The van der Waals surface area contributed by atoms with Crippen molar-refractivity contribution in [2.75, 3.05) is 11.9 Å². The number of fused-ring (bicyclic) bond motifs is 1. The Kier molecular flexibility index (Phi) is 5.91. The fourth-order valence-corrected chi connectivity index (χ4v) is 4.74. The van der Waals surface area contributed by atoms with Gasteiger partial charge in [0.2, 0.25) is 11.2 Å². The highest BCUT2D eigenvalue weighted by Crippen LogP contribution is 2.33. The lowest BCUT2D eigenvalue weighted by atomic mass is 10.2. The lowest BCUT2D eigenvalue weighted by Gasteiger charge is -2.25.